The number of likely N-dealkylation sites (tertiary alicyclic amines) is 1. The van der Waals surface area contributed by atoms with Crippen molar-refractivity contribution in [1.82, 2.24) is 9.80 Å². The zero-order valence-electron chi connectivity index (χ0n) is 10.2. The molecule has 1 heterocycles. The molecule has 0 bridgehead atoms. The van der Waals surface area contributed by atoms with Crippen LogP contribution in [0.3, 0.4) is 0 Å². The first-order valence-corrected chi connectivity index (χ1v) is 6.22. The van der Waals surface area contributed by atoms with Gasteiger partial charge in [-0.2, -0.15) is 0 Å². The van der Waals surface area contributed by atoms with E-state index in [0.29, 0.717) is 5.78 Å². The molecule has 0 radical (unpaired) electrons. The Morgan fingerprint density at radius 1 is 1.20 bits per heavy atom. The molecule has 15 heavy (non-hydrogen) atoms. The summed E-state index contributed by atoms with van der Waals surface area (Å²) in [6, 6.07) is 0. The van der Waals surface area contributed by atoms with Crippen LogP contribution in [0.2, 0.25) is 0 Å². The number of rotatable bonds is 6. The molecule has 1 rings (SSSR count). The maximum Gasteiger partial charge on any atom is 0.135 e. The van der Waals surface area contributed by atoms with E-state index in [9.17, 15) is 4.79 Å². The van der Waals surface area contributed by atoms with Gasteiger partial charge in [0.15, 0.2) is 0 Å². The molecule has 88 valence electrons. The second-order valence-corrected chi connectivity index (χ2v) is 4.26. The fourth-order valence-electron chi connectivity index (χ4n) is 2.08. The molecule has 0 saturated carbocycles. The van der Waals surface area contributed by atoms with Gasteiger partial charge in [0.05, 0.1) is 0 Å². The molecule has 3 heteroatoms. The van der Waals surface area contributed by atoms with Gasteiger partial charge in [-0.15, -0.1) is 0 Å². The van der Waals surface area contributed by atoms with Crippen LogP contribution in [0, 0.1) is 0 Å². The van der Waals surface area contributed by atoms with E-state index in [-0.39, 0.29) is 0 Å². The summed E-state index contributed by atoms with van der Waals surface area (Å²) in [7, 11) is 0. The molecular weight excluding hydrogens is 188 g/mol. The first-order chi connectivity index (χ1) is 7.26. The maximum atomic E-state index is 11.0. The Balaban J connectivity index is 2.07. The SMILES string of the molecule is CCN(CC)CCCN1CCC(=O)CC1. The molecule has 1 fully saturated rings. The zero-order valence-corrected chi connectivity index (χ0v) is 10.2. The van der Waals surface area contributed by atoms with Crippen molar-refractivity contribution in [2.24, 2.45) is 0 Å². The Kier molecular flexibility index (Phi) is 5.88. The highest BCUT2D eigenvalue weighted by Crippen LogP contribution is 2.06. The summed E-state index contributed by atoms with van der Waals surface area (Å²) in [6.45, 7) is 11.0. The van der Waals surface area contributed by atoms with E-state index in [1.54, 1.807) is 0 Å². The van der Waals surface area contributed by atoms with E-state index in [1.807, 2.05) is 0 Å². The van der Waals surface area contributed by atoms with Gasteiger partial charge in [0, 0.05) is 25.9 Å². The highest BCUT2D eigenvalue weighted by molar-refractivity contribution is 5.79. The minimum Gasteiger partial charge on any atom is -0.304 e. The van der Waals surface area contributed by atoms with Crippen LogP contribution in [0.1, 0.15) is 33.1 Å². The van der Waals surface area contributed by atoms with Crippen LogP contribution in [0.15, 0.2) is 0 Å². The third-order valence-corrected chi connectivity index (χ3v) is 3.26. The molecule has 1 aliphatic heterocycles. The van der Waals surface area contributed by atoms with Gasteiger partial charge in [-0.05, 0) is 32.6 Å². The zero-order chi connectivity index (χ0) is 11.1. The minimum absolute atomic E-state index is 0.440. The summed E-state index contributed by atoms with van der Waals surface area (Å²) in [5, 5.41) is 0. The number of hydrogen-bond donors (Lipinski definition) is 0. The molecule has 1 saturated heterocycles. The molecule has 0 unspecified atom stereocenters. The lowest BCUT2D eigenvalue weighted by Crippen LogP contribution is -2.36. The smallest absolute Gasteiger partial charge is 0.135 e. The molecular formula is C12H24N2O. The summed E-state index contributed by atoms with van der Waals surface area (Å²) in [4.78, 5) is 15.9. The molecule has 0 amide bonds. The Morgan fingerprint density at radius 3 is 2.33 bits per heavy atom. The van der Waals surface area contributed by atoms with Gasteiger partial charge in [0.2, 0.25) is 0 Å². The largest absolute Gasteiger partial charge is 0.304 e. The van der Waals surface area contributed by atoms with E-state index in [2.05, 4.69) is 23.6 Å². The van der Waals surface area contributed by atoms with Crippen molar-refractivity contribution in [3.05, 3.63) is 0 Å². The lowest BCUT2D eigenvalue weighted by Gasteiger charge is -2.27. The standard InChI is InChI=1S/C12H24N2O/c1-3-13(4-2)8-5-9-14-10-6-12(15)7-11-14/h3-11H2,1-2H3. The number of ketones is 1. The second-order valence-electron chi connectivity index (χ2n) is 4.26. The highest BCUT2D eigenvalue weighted by Gasteiger charge is 2.15. The lowest BCUT2D eigenvalue weighted by atomic mass is 10.1. The van der Waals surface area contributed by atoms with Gasteiger partial charge in [-0.25, -0.2) is 0 Å². The maximum absolute atomic E-state index is 11.0. The lowest BCUT2D eigenvalue weighted by molar-refractivity contribution is -0.121. The van der Waals surface area contributed by atoms with Crippen molar-refractivity contribution in [3.8, 4) is 0 Å². The van der Waals surface area contributed by atoms with E-state index in [4.69, 9.17) is 0 Å². The van der Waals surface area contributed by atoms with Crippen molar-refractivity contribution in [1.29, 1.82) is 0 Å². The van der Waals surface area contributed by atoms with E-state index >= 15 is 0 Å². The van der Waals surface area contributed by atoms with Crippen LogP contribution in [-0.2, 0) is 4.79 Å². The number of carbonyl (C=O) groups excluding carboxylic acids is 1. The molecule has 0 aromatic rings. The van der Waals surface area contributed by atoms with Gasteiger partial charge >= 0.3 is 0 Å². The van der Waals surface area contributed by atoms with Crippen molar-refractivity contribution in [3.63, 3.8) is 0 Å². The summed E-state index contributed by atoms with van der Waals surface area (Å²) in [6.07, 6.45) is 2.77. The Bertz CT molecular complexity index is 180. The minimum atomic E-state index is 0.440. The van der Waals surface area contributed by atoms with Crippen LogP contribution < -0.4 is 0 Å². The van der Waals surface area contributed by atoms with Gasteiger partial charge in [-0.3, -0.25) is 4.79 Å². The summed E-state index contributed by atoms with van der Waals surface area (Å²) in [5.41, 5.74) is 0. The average molecular weight is 212 g/mol. The van der Waals surface area contributed by atoms with E-state index in [0.717, 1.165) is 45.6 Å². The first kappa shape index (κ1) is 12.7. The molecule has 0 atom stereocenters. The van der Waals surface area contributed by atoms with Gasteiger partial charge in [0.25, 0.3) is 0 Å². The number of piperidine rings is 1. The van der Waals surface area contributed by atoms with E-state index in [1.165, 1.54) is 13.0 Å². The highest BCUT2D eigenvalue weighted by atomic mass is 16.1. The monoisotopic (exact) mass is 212 g/mol. The molecule has 0 aliphatic carbocycles. The van der Waals surface area contributed by atoms with Crippen molar-refractivity contribution in [2.45, 2.75) is 33.1 Å². The Hall–Kier alpha value is -0.410. The van der Waals surface area contributed by atoms with E-state index < -0.39 is 0 Å². The number of carbonyl (C=O) groups is 1. The topological polar surface area (TPSA) is 23.6 Å². The quantitative estimate of drug-likeness (QED) is 0.664. The predicted octanol–water partition coefficient (Wildman–Crippen LogP) is 1.38. The van der Waals surface area contributed by atoms with Crippen molar-refractivity contribution >= 4 is 5.78 Å². The van der Waals surface area contributed by atoms with Crippen LogP contribution in [0.4, 0.5) is 0 Å². The normalized spacial score (nSPS) is 18.7. The fraction of sp³-hybridized carbons (Fsp3) is 0.917. The summed E-state index contributed by atoms with van der Waals surface area (Å²) < 4.78 is 0. The van der Waals surface area contributed by atoms with Crippen molar-refractivity contribution in [2.75, 3.05) is 39.3 Å². The molecule has 0 aromatic carbocycles. The average Bonchev–Trinajstić information content (AvgIpc) is 2.27. The number of nitrogens with zero attached hydrogens (tertiary/aromatic N) is 2. The molecule has 0 aromatic heterocycles. The summed E-state index contributed by atoms with van der Waals surface area (Å²) in [5.74, 6) is 0.440. The van der Waals surface area contributed by atoms with Crippen LogP contribution in [0.5, 0.6) is 0 Å². The molecule has 0 spiro atoms. The van der Waals surface area contributed by atoms with Crippen LogP contribution in [-0.4, -0.2) is 54.9 Å². The fourth-order valence-corrected chi connectivity index (χ4v) is 2.08. The number of hydrogen-bond acceptors (Lipinski definition) is 3. The molecule has 0 N–H and O–H groups in total. The number of Topliss-reactive ketones (excluding diaryl/α,β-unsaturated/α-hetero) is 1. The van der Waals surface area contributed by atoms with Crippen LogP contribution >= 0.6 is 0 Å². The second kappa shape index (κ2) is 6.96. The van der Waals surface area contributed by atoms with Crippen molar-refractivity contribution < 1.29 is 4.79 Å². The Morgan fingerprint density at radius 2 is 1.80 bits per heavy atom. The predicted molar refractivity (Wildman–Crippen MR) is 63.1 cm³/mol. The first-order valence-electron chi connectivity index (χ1n) is 6.22. The Labute approximate surface area is 93.4 Å². The third kappa shape index (κ3) is 4.76. The van der Waals surface area contributed by atoms with Crippen LogP contribution in [0.25, 0.3) is 0 Å². The van der Waals surface area contributed by atoms with Gasteiger partial charge in [0.1, 0.15) is 5.78 Å². The molecule has 3 nitrogen and oxygen atoms in total. The molecule has 1 aliphatic rings. The summed E-state index contributed by atoms with van der Waals surface area (Å²) >= 11 is 0. The van der Waals surface area contributed by atoms with Gasteiger partial charge < -0.3 is 9.80 Å². The van der Waals surface area contributed by atoms with Gasteiger partial charge in [-0.1, -0.05) is 13.8 Å². The third-order valence-electron chi connectivity index (χ3n) is 3.26.